The molecule has 0 atom stereocenters. The highest BCUT2D eigenvalue weighted by Gasteiger charge is 1.99. The van der Waals surface area contributed by atoms with E-state index >= 15 is 0 Å². The van der Waals surface area contributed by atoms with Crippen LogP contribution < -0.4 is 0 Å². The minimum absolute atomic E-state index is 1.21. The summed E-state index contributed by atoms with van der Waals surface area (Å²) >= 11 is 0. The third-order valence-electron chi connectivity index (χ3n) is 5.44. The van der Waals surface area contributed by atoms with Gasteiger partial charge in [-0.1, -0.05) is 121 Å². The summed E-state index contributed by atoms with van der Waals surface area (Å²) in [5.74, 6) is 0. The van der Waals surface area contributed by atoms with Gasteiger partial charge in [0.05, 0.1) is 0 Å². The summed E-state index contributed by atoms with van der Waals surface area (Å²) < 4.78 is 0. The highest BCUT2D eigenvalue weighted by Crippen LogP contribution is 2.22. The molecule has 0 heterocycles. The van der Waals surface area contributed by atoms with Gasteiger partial charge >= 0.3 is 0 Å². The Hall–Kier alpha value is -3.64. The zero-order chi connectivity index (χ0) is 20.8. The SMILES string of the molecule is Cc1ccccc1C=Cc1ccc(-c2ccc(C=Cc3ccccc3C)cc2)cc1. The summed E-state index contributed by atoms with van der Waals surface area (Å²) in [5, 5.41) is 0. The molecule has 0 nitrogen and oxygen atoms in total. The molecule has 0 aromatic heterocycles. The van der Waals surface area contributed by atoms with E-state index in [2.05, 4.69) is 135 Å². The van der Waals surface area contributed by atoms with Crippen molar-refractivity contribution in [2.45, 2.75) is 13.8 Å². The summed E-state index contributed by atoms with van der Waals surface area (Å²) in [6.07, 6.45) is 8.71. The lowest BCUT2D eigenvalue weighted by molar-refractivity contribution is 1.45. The molecule has 0 saturated heterocycles. The third-order valence-corrected chi connectivity index (χ3v) is 5.44. The monoisotopic (exact) mass is 386 g/mol. The van der Waals surface area contributed by atoms with E-state index in [-0.39, 0.29) is 0 Å². The molecule has 0 aliphatic carbocycles. The first-order valence-electron chi connectivity index (χ1n) is 10.4. The molecule has 0 heteroatoms. The molecule has 146 valence electrons. The van der Waals surface area contributed by atoms with Crippen LogP contribution in [0.3, 0.4) is 0 Å². The van der Waals surface area contributed by atoms with Crippen LogP contribution in [0.1, 0.15) is 33.4 Å². The summed E-state index contributed by atoms with van der Waals surface area (Å²) in [6.45, 7) is 4.28. The number of rotatable bonds is 5. The Bertz CT molecular complexity index is 1080. The fourth-order valence-electron chi connectivity index (χ4n) is 3.49. The first-order valence-corrected chi connectivity index (χ1v) is 10.4. The Kier molecular flexibility index (Phi) is 6.06. The van der Waals surface area contributed by atoms with E-state index < -0.39 is 0 Å². The molecule has 0 N–H and O–H groups in total. The van der Waals surface area contributed by atoms with Crippen LogP contribution in [0.5, 0.6) is 0 Å². The molecular formula is C30H26. The highest BCUT2D eigenvalue weighted by molar-refractivity contribution is 5.75. The van der Waals surface area contributed by atoms with Crippen molar-refractivity contribution in [3.05, 3.63) is 130 Å². The summed E-state index contributed by atoms with van der Waals surface area (Å²) in [5.41, 5.74) is 9.99. The predicted octanol–water partition coefficient (Wildman–Crippen LogP) is 8.31. The number of hydrogen-bond acceptors (Lipinski definition) is 0. The fourth-order valence-corrected chi connectivity index (χ4v) is 3.49. The molecule has 0 bridgehead atoms. The maximum absolute atomic E-state index is 2.19. The van der Waals surface area contributed by atoms with Crippen LogP contribution in [-0.2, 0) is 0 Å². The van der Waals surface area contributed by atoms with Crippen molar-refractivity contribution in [1.82, 2.24) is 0 Å². The van der Waals surface area contributed by atoms with Gasteiger partial charge in [-0.3, -0.25) is 0 Å². The lowest BCUT2D eigenvalue weighted by Gasteiger charge is -2.04. The van der Waals surface area contributed by atoms with Crippen molar-refractivity contribution in [1.29, 1.82) is 0 Å². The van der Waals surface area contributed by atoms with Gasteiger partial charge in [0.15, 0.2) is 0 Å². The minimum atomic E-state index is 1.21. The van der Waals surface area contributed by atoms with Gasteiger partial charge in [0.2, 0.25) is 0 Å². The highest BCUT2D eigenvalue weighted by atomic mass is 14.0. The van der Waals surface area contributed by atoms with Gasteiger partial charge in [0.25, 0.3) is 0 Å². The van der Waals surface area contributed by atoms with Crippen LogP contribution in [0.4, 0.5) is 0 Å². The average Bonchev–Trinajstić information content (AvgIpc) is 2.79. The zero-order valence-corrected chi connectivity index (χ0v) is 17.5. The third kappa shape index (κ3) is 4.85. The number of aryl methyl sites for hydroxylation is 2. The van der Waals surface area contributed by atoms with Gasteiger partial charge in [-0.2, -0.15) is 0 Å². The zero-order valence-electron chi connectivity index (χ0n) is 17.5. The van der Waals surface area contributed by atoms with Gasteiger partial charge in [0.1, 0.15) is 0 Å². The Morgan fingerprint density at radius 1 is 0.400 bits per heavy atom. The van der Waals surface area contributed by atoms with E-state index in [1.54, 1.807) is 0 Å². The first-order chi connectivity index (χ1) is 14.7. The number of hydrogen-bond donors (Lipinski definition) is 0. The van der Waals surface area contributed by atoms with Crippen molar-refractivity contribution in [2.24, 2.45) is 0 Å². The Labute approximate surface area is 179 Å². The summed E-state index contributed by atoms with van der Waals surface area (Å²) in [7, 11) is 0. The lowest BCUT2D eigenvalue weighted by Crippen LogP contribution is -1.81. The van der Waals surface area contributed by atoms with Crippen molar-refractivity contribution < 1.29 is 0 Å². The van der Waals surface area contributed by atoms with Gasteiger partial charge in [-0.05, 0) is 58.4 Å². The van der Waals surface area contributed by atoms with E-state index in [9.17, 15) is 0 Å². The Balaban J connectivity index is 1.46. The normalized spacial score (nSPS) is 11.4. The molecule has 0 aliphatic heterocycles. The fraction of sp³-hybridized carbons (Fsp3) is 0.0667. The summed E-state index contributed by atoms with van der Waals surface area (Å²) in [6, 6.07) is 34.4. The van der Waals surface area contributed by atoms with Crippen LogP contribution in [0.15, 0.2) is 97.1 Å². The Morgan fingerprint density at radius 2 is 0.767 bits per heavy atom. The lowest BCUT2D eigenvalue weighted by atomic mass is 10.0. The second-order valence-corrected chi connectivity index (χ2v) is 7.62. The van der Waals surface area contributed by atoms with Gasteiger partial charge in [0, 0.05) is 0 Å². The van der Waals surface area contributed by atoms with E-state index in [0.29, 0.717) is 0 Å². The largest absolute Gasteiger partial charge is 0.0620 e. The molecule has 0 saturated carbocycles. The molecule has 0 amide bonds. The molecule has 30 heavy (non-hydrogen) atoms. The molecule has 0 radical (unpaired) electrons. The number of benzene rings is 4. The van der Waals surface area contributed by atoms with Crippen molar-refractivity contribution in [3.8, 4) is 11.1 Å². The quantitative estimate of drug-likeness (QED) is 0.302. The van der Waals surface area contributed by atoms with Crippen molar-refractivity contribution in [2.75, 3.05) is 0 Å². The van der Waals surface area contributed by atoms with Crippen LogP contribution in [0.2, 0.25) is 0 Å². The van der Waals surface area contributed by atoms with Gasteiger partial charge in [-0.25, -0.2) is 0 Å². The van der Waals surface area contributed by atoms with Crippen LogP contribution in [-0.4, -0.2) is 0 Å². The maximum Gasteiger partial charge on any atom is -0.0184 e. The molecule has 4 aromatic carbocycles. The molecule has 0 unspecified atom stereocenters. The predicted molar refractivity (Wildman–Crippen MR) is 132 cm³/mol. The van der Waals surface area contributed by atoms with Crippen LogP contribution in [0.25, 0.3) is 35.4 Å². The second kappa shape index (κ2) is 9.24. The second-order valence-electron chi connectivity index (χ2n) is 7.62. The first kappa shape index (κ1) is 19.7. The molecule has 0 fully saturated rings. The Morgan fingerprint density at radius 3 is 1.13 bits per heavy atom. The molecule has 4 aromatic rings. The van der Waals surface area contributed by atoms with E-state index in [4.69, 9.17) is 0 Å². The van der Waals surface area contributed by atoms with Crippen molar-refractivity contribution >= 4 is 24.3 Å². The molecular weight excluding hydrogens is 360 g/mol. The van der Waals surface area contributed by atoms with Crippen molar-refractivity contribution in [3.63, 3.8) is 0 Å². The van der Waals surface area contributed by atoms with Crippen LogP contribution >= 0.6 is 0 Å². The maximum atomic E-state index is 2.19. The average molecular weight is 387 g/mol. The van der Waals surface area contributed by atoms with Gasteiger partial charge < -0.3 is 0 Å². The topological polar surface area (TPSA) is 0 Å². The minimum Gasteiger partial charge on any atom is -0.0620 e. The smallest absolute Gasteiger partial charge is 0.0184 e. The van der Waals surface area contributed by atoms with E-state index in [0.717, 1.165) is 0 Å². The van der Waals surface area contributed by atoms with Crippen LogP contribution in [0, 0.1) is 13.8 Å². The van der Waals surface area contributed by atoms with E-state index in [1.165, 1.54) is 44.5 Å². The van der Waals surface area contributed by atoms with Gasteiger partial charge in [-0.15, -0.1) is 0 Å². The molecule has 4 rings (SSSR count). The summed E-state index contributed by atoms with van der Waals surface area (Å²) in [4.78, 5) is 0. The van der Waals surface area contributed by atoms with E-state index in [1.807, 2.05) is 0 Å². The standard InChI is InChI=1S/C30H26/c1-23-7-3-5-9-27(23)17-11-25-13-19-29(20-14-25)30-21-15-26(16-22-30)12-18-28-10-6-4-8-24(28)2/h3-22H,1-2H3. The molecule has 0 aliphatic rings. The molecule has 0 spiro atoms.